The number of ether oxygens (including phenoxy) is 4. The van der Waals surface area contributed by atoms with E-state index in [1.807, 2.05) is 0 Å². The van der Waals surface area contributed by atoms with Gasteiger partial charge in [0.25, 0.3) is 0 Å². The van der Waals surface area contributed by atoms with Gasteiger partial charge in [0.1, 0.15) is 16.4 Å². The smallest absolute Gasteiger partial charge is 0.244 e. The van der Waals surface area contributed by atoms with E-state index in [2.05, 4.69) is 4.72 Å². The molecule has 3 unspecified atom stereocenters. The van der Waals surface area contributed by atoms with Gasteiger partial charge in [-0.3, -0.25) is 0 Å². The third kappa shape index (κ3) is 3.66. The summed E-state index contributed by atoms with van der Waals surface area (Å²) in [6.45, 7) is 1.17. The monoisotopic (exact) mass is 357 g/mol. The van der Waals surface area contributed by atoms with Crippen LogP contribution in [0, 0.1) is 0 Å². The first-order chi connectivity index (χ1) is 11.5. The minimum absolute atomic E-state index is 0.0487. The van der Waals surface area contributed by atoms with E-state index in [-0.39, 0.29) is 28.9 Å². The van der Waals surface area contributed by atoms with Crippen LogP contribution in [0.5, 0.6) is 11.5 Å². The SMILES string of the molecule is COc1ccc(OC)c(S(=O)(=O)NC2CCC3OCCOC3C2)c1. The number of sulfonamides is 1. The van der Waals surface area contributed by atoms with Crippen molar-refractivity contribution < 1.29 is 27.4 Å². The molecule has 0 spiro atoms. The van der Waals surface area contributed by atoms with Gasteiger partial charge in [-0.25, -0.2) is 13.1 Å². The maximum absolute atomic E-state index is 12.8. The molecule has 2 aliphatic rings. The standard InChI is InChI=1S/C16H23NO6S/c1-20-12-4-6-14(21-2)16(10-12)24(18,19)17-11-3-5-13-15(9-11)23-8-7-22-13/h4,6,10-11,13,15,17H,3,5,7-9H2,1-2H3. The summed E-state index contributed by atoms with van der Waals surface area (Å²) in [7, 11) is -0.787. The van der Waals surface area contributed by atoms with Gasteiger partial charge in [-0.05, 0) is 31.4 Å². The minimum Gasteiger partial charge on any atom is -0.497 e. The summed E-state index contributed by atoms with van der Waals surface area (Å²) in [5.41, 5.74) is 0. The normalized spacial score (nSPS) is 27.3. The molecule has 1 saturated heterocycles. The van der Waals surface area contributed by atoms with Crippen LogP contribution in [0.3, 0.4) is 0 Å². The summed E-state index contributed by atoms with van der Waals surface area (Å²) < 4.78 is 50.0. The first kappa shape index (κ1) is 17.5. The Kier molecular flexibility index (Phi) is 5.29. The molecule has 1 aliphatic heterocycles. The Morgan fingerprint density at radius 1 is 1.08 bits per heavy atom. The lowest BCUT2D eigenvalue weighted by atomic mass is 9.90. The molecular weight excluding hydrogens is 334 g/mol. The molecule has 3 rings (SSSR count). The van der Waals surface area contributed by atoms with Crippen molar-refractivity contribution >= 4 is 10.0 Å². The summed E-state index contributed by atoms with van der Waals surface area (Å²) in [6, 6.07) is 4.53. The number of fused-ring (bicyclic) bond motifs is 1. The van der Waals surface area contributed by atoms with Crippen LogP contribution in [-0.4, -0.2) is 54.1 Å². The molecule has 0 bridgehead atoms. The fourth-order valence-electron chi connectivity index (χ4n) is 3.25. The average Bonchev–Trinajstić information content (AvgIpc) is 2.60. The lowest BCUT2D eigenvalue weighted by molar-refractivity contribution is -0.156. The summed E-state index contributed by atoms with van der Waals surface area (Å²) in [5.74, 6) is 0.748. The number of hydrogen-bond acceptors (Lipinski definition) is 6. The van der Waals surface area contributed by atoms with Gasteiger partial charge in [-0.15, -0.1) is 0 Å². The van der Waals surface area contributed by atoms with Crippen LogP contribution in [0.1, 0.15) is 19.3 Å². The largest absolute Gasteiger partial charge is 0.497 e. The maximum Gasteiger partial charge on any atom is 0.244 e. The molecule has 0 amide bonds. The quantitative estimate of drug-likeness (QED) is 0.856. The first-order valence-corrected chi connectivity index (χ1v) is 9.49. The number of rotatable bonds is 5. The first-order valence-electron chi connectivity index (χ1n) is 8.01. The van der Waals surface area contributed by atoms with E-state index in [4.69, 9.17) is 18.9 Å². The van der Waals surface area contributed by atoms with Gasteiger partial charge >= 0.3 is 0 Å². The van der Waals surface area contributed by atoms with Crippen LogP contribution >= 0.6 is 0 Å². The van der Waals surface area contributed by atoms with Gasteiger partial charge in [0.05, 0.1) is 39.6 Å². The number of hydrogen-bond donors (Lipinski definition) is 1. The van der Waals surface area contributed by atoms with Crippen LogP contribution < -0.4 is 14.2 Å². The molecule has 1 heterocycles. The maximum atomic E-state index is 12.8. The molecule has 7 nitrogen and oxygen atoms in total. The zero-order valence-electron chi connectivity index (χ0n) is 13.9. The van der Waals surface area contributed by atoms with Gasteiger partial charge in [0.2, 0.25) is 10.0 Å². The Morgan fingerprint density at radius 2 is 1.83 bits per heavy atom. The Morgan fingerprint density at radius 3 is 2.54 bits per heavy atom. The van der Waals surface area contributed by atoms with Gasteiger partial charge < -0.3 is 18.9 Å². The summed E-state index contributed by atoms with van der Waals surface area (Å²) in [6.07, 6.45) is 2.14. The molecule has 8 heteroatoms. The molecule has 0 radical (unpaired) electrons. The second-order valence-corrected chi connectivity index (χ2v) is 7.65. The summed E-state index contributed by atoms with van der Waals surface area (Å²) >= 11 is 0. The van der Waals surface area contributed by atoms with Crippen molar-refractivity contribution in [2.75, 3.05) is 27.4 Å². The molecular formula is C16H23NO6S. The fourth-order valence-corrected chi connectivity index (χ4v) is 4.72. The van der Waals surface area contributed by atoms with Crippen LogP contribution in [0.25, 0.3) is 0 Å². The van der Waals surface area contributed by atoms with Crippen molar-refractivity contribution in [1.29, 1.82) is 0 Å². The van der Waals surface area contributed by atoms with E-state index in [1.165, 1.54) is 20.3 Å². The van der Waals surface area contributed by atoms with E-state index in [0.29, 0.717) is 25.4 Å². The average molecular weight is 357 g/mol. The van der Waals surface area contributed by atoms with Gasteiger partial charge in [-0.2, -0.15) is 0 Å². The highest BCUT2D eigenvalue weighted by Gasteiger charge is 2.36. The van der Waals surface area contributed by atoms with Crippen LogP contribution in [-0.2, 0) is 19.5 Å². The third-order valence-corrected chi connectivity index (χ3v) is 6.00. The Balaban J connectivity index is 1.76. The lowest BCUT2D eigenvalue weighted by Crippen LogP contribution is -2.49. The zero-order valence-corrected chi connectivity index (χ0v) is 14.7. The number of methoxy groups -OCH3 is 2. The number of nitrogens with one attached hydrogen (secondary N) is 1. The second-order valence-electron chi connectivity index (χ2n) is 5.97. The van der Waals surface area contributed by atoms with Crippen LogP contribution in [0.2, 0.25) is 0 Å². The summed E-state index contributed by atoms with van der Waals surface area (Å²) in [5, 5.41) is 0. The lowest BCUT2D eigenvalue weighted by Gasteiger charge is -2.38. The highest BCUT2D eigenvalue weighted by atomic mass is 32.2. The molecule has 1 aliphatic carbocycles. The molecule has 1 saturated carbocycles. The molecule has 0 aromatic heterocycles. The van der Waals surface area contributed by atoms with Gasteiger partial charge in [-0.1, -0.05) is 0 Å². The molecule has 1 N–H and O–H groups in total. The molecule has 3 atom stereocenters. The van der Waals surface area contributed by atoms with Crippen LogP contribution in [0.15, 0.2) is 23.1 Å². The third-order valence-electron chi connectivity index (χ3n) is 4.46. The second kappa shape index (κ2) is 7.26. The zero-order chi connectivity index (χ0) is 17.2. The molecule has 2 fully saturated rings. The molecule has 1 aromatic rings. The molecule has 134 valence electrons. The number of benzene rings is 1. The highest BCUT2D eigenvalue weighted by Crippen LogP contribution is 2.31. The van der Waals surface area contributed by atoms with Gasteiger partial charge in [0, 0.05) is 12.1 Å². The summed E-state index contributed by atoms with van der Waals surface area (Å²) in [4.78, 5) is 0.0762. The predicted molar refractivity (Wildman–Crippen MR) is 87.0 cm³/mol. The highest BCUT2D eigenvalue weighted by molar-refractivity contribution is 7.89. The van der Waals surface area contributed by atoms with E-state index < -0.39 is 10.0 Å². The van der Waals surface area contributed by atoms with Crippen molar-refractivity contribution in [3.05, 3.63) is 18.2 Å². The van der Waals surface area contributed by atoms with E-state index in [1.54, 1.807) is 12.1 Å². The van der Waals surface area contributed by atoms with E-state index >= 15 is 0 Å². The topological polar surface area (TPSA) is 83.1 Å². The van der Waals surface area contributed by atoms with Gasteiger partial charge in [0.15, 0.2) is 0 Å². The van der Waals surface area contributed by atoms with Crippen LogP contribution in [0.4, 0.5) is 0 Å². The molecule has 1 aromatic carbocycles. The van der Waals surface area contributed by atoms with E-state index in [0.717, 1.165) is 12.8 Å². The predicted octanol–water partition coefficient (Wildman–Crippen LogP) is 1.32. The Labute approximate surface area is 142 Å². The van der Waals surface area contributed by atoms with E-state index in [9.17, 15) is 8.42 Å². The molecule has 24 heavy (non-hydrogen) atoms. The minimum atomic E-state index is -3.72. The fraction of sp³-hybridized carbons (Fsp3) is 0.625. The van der Waals surface area contributed by atoms with Crippen molar-refractivity contribution in [2.24, 2.45) is 0 Å². The Bertz CT molecular complexity index is 677. The van der Waals surface area contributed by atoms with Crippen molar-refractivity contribution in [3.8, 4) is 11.5 Å². The van der Waals surface area contributed by atoms with Crippen molar-refractivity contribution in [2.45, 2.75) is 42.4 Å². The van der Waals surface area contributed by atoms with Crippen molar-refractivity contribution in [1.82, 2.24) is 4.72 Å². The Hall–Kier alpha value is -1.35. The van der Waals surface area contributed by atoms with Crippen molar-refractivity contribution in [3.63, 3.8) is 0 Å².